The molecule has 0 spiro atoms. The molecule has 0 bridgehead atoms. The number of benzene rings is 1. The molecule has 2 aromatic rings. The van der Waals surface area contributed by atoms with Gasteiger partial charge in [0.1, 0.15) is 0 Å². The minimum atomic E-state index is 0.0741. The third-order valence-corrected chi connectivity index (χ3v) is 2.37. The van der Waals surface area contributed by atoms with E-state index in [1.807, 2.05) is 12.1 Å². The third kappa shape index (κ3) is 1.35. The number of aromatic amines is 2. The third-order valence-electron chi connectivity index (χ3n) is 2.37. The van der Waals surface area contributed by atoms with Gasteiger partial charge in [-0.25, -0.2) is 9.97 Å². The van der Waals surface area contributed by atoms with Gasteiger partial charge in [-0.05, 0) is 11.5 Å². The Morgan fingerprint density at radius 3 is 2.64 bits per heavy atom. The fraction of sp³-hybridized carbons (Fsp3) is 0.364. The standard InChI is InChI=1S/C11H14N2O/c1-11(2,3)7-5-4-6-8-9(7)13-10(14)12-8/h4-6H,1-3H3,(H2,12,13,14)/p+1. The van der Waals surface area contributed by atoms with Crippen molar-refractivity contribution in [2.75, 3.05) is 0 Å². The summed E-state index contributed by atoms with van der Waals surface area (Å²) in [6, 6.07) is 6.12. The van der Waals surface area contributed by atoms with Crippen LogP contribution in [0.4, 0.5) is 0 Å². The number of para-hydroxylation sites is 1. The average Bonchev–Trinajstić information content (AvgIpc) is 2.41. The van der Waals surface area contributed by atoms with Crippen molar-refractivity contribution in [2.45, 2.75) is 26.2 Å². The molecule has 3 nitrogen and oxygen atoms in total. The summed E-state index contributed by atoms with van der Waals surface area (Å²) in [5.74, 6) is 0. The summed E-state index contributed by atoms with van der Waals surface area (Å²) < 4.78 is 0. The second-order valence-corrected chi connectivity index (χ2v) is 4.58. The van der Waals surface area contributed by atoms with E-state index in [0.29, 0.717) is 0 Å². The lowest BCUT2D eigenvalue weighted by atomic mass is 9.86. The Labute approximate surface area is 82.8 Å². The fourth-order valence-corrected chi connectivity index (χ4v) is 1.69. The molecule has 14 heavy (non-hydrogen) atoms. The van der Waals surface area contributed by atoms with Gasteiger partial charge in [-0.3, -0.25) is 0 Å². The molecule has 0 fully saturated rings. The van der Waals surface area contributed by atoms with Gasteiger partial charge in [0.25, 0.3) is 0 Å². The molecular formula is C11H15N2O+. The number of H-pyrrole nitrogens is 2. The smallest absolute Gasteiger partial charge is 0.447 e. The number of rotatable bonds is 0. The van der Waals surface area contributed by atoms with Crippen LogP contribution in [0, 0.1) is 0 Å². The van der Waals surface area contributed by atoms with Crippen LogP contribution >= 0.6 is 0 Å². The first-order valence-electron chi connectivity index (χ1n) is 4.72. The summed E-state index contributed by atoms with van der Waals surface area (Å²) in [6.07, 6.45) is 0. The van der Waals surface area contributed by atoms with E-state index in [9.17, 15) is 5.11 Å². The van der Waals surface area contributed by atoms with Gasteiger partial charge in [0.05, 0.1) is 0 Å². The predicted octanol–water partition coefficient (Wildman–Crippen LogP) is 1.99. The van der Waals surface area contributed by atoms with Crippen LogP contribution in [-0.4, -0.2) is 10.1 Å². The van der Waals surface area contributed by atoms with Crippen LogP contribution in [0.2, 0.25) is 0 Å². The second-order valence-electron chi connectivity index (χ2n) is 4.58. The number of nitrogens with one attached hydrogen (secondary N) is 2. The topological polar surface area (TPSA) is 50.2 Å². The van der Waals surface area contributed by atoms with Crippen LogP contribution in [0.15, 0.2) is 18.2 Å². The van der Waals surface area contributed by atoms with Gasteiger partial charge in [-0.2, -0.15) is 0 Å². The molecule has 1 aromatic carbocycles. The maximum atomic E-state index is 9.34. The van der Waals surface area contributed by atoms with Crippen LogP contribution in [0.1, 0.15) is 26.3 Å². The Kier molecular flexibility index (Phi) is 1.77. The zero-order chi connectivity index (χ0) is 10.3. The van der Waals surface area contributed by atoms with E-state index in [1.165, 1.54) is 5.56 Å². The van der Waals surface area contributed by atoms with Gasteiger partial charge in [-0.15, -0.1) is 0 Å². The monoisotopic (exact) mass is 191 g/mol. The molecule has 0 amide bonds. The van der Waals surface area contributed by atoms with Gasteiger partial charge in [0.15, 0.2) is 11.0 Å². The summed E-state index contributed by atoms with van der Waals surface area (Å²) in [6.45, 7) is 6.46. The molecule has 1 heterocycles. The van der Waals surface area contributed by atoms with E-state index in [0.717, 1.165) is 11.0 Å². The quantitative estimate of drug-likeness (QED) is 0.657. The summed E-state index contributed by atoms with van der Waals surface area (Å²) >= 11 is 0. The van der Waals surface area contributed by atoms with E-state index in [4.69, 9.17) is 0 Å². The van der Waals surface area contributed by atoms with Gasteiger partial charge in [-0.1, -0.05) is 32.9 Å². The number of aromatic nitrogens is 2. The highest BCUT2D eigenvalue weighted by Gasteiger charge is 2.21. The van der Waals surface area contributed by atoms with Crippen LogP contribution in [-0.2, 0) is 5.41 Å². The summed E-state index contributed by atoms with van der Waals surface area (Å²) in [5, 5.41) is 9.34. The lowest BCUT2D eigenvalue weighted by molar-refractivity contribution is -0.363. The summed E-state index contributed by atoms with van der Waals surface area (Å²) in [5.41, 5.74) is 3.20. The van der Waals surface area contributed by atoms with E-state index in [2.05, 4.69) is 36.8 Å². The zero-order valence-corrected chi connectivity index (χ0v) is 8.68. The van der Waals surface area contributed by atoms with E-state index >= 15 is 0 Å². The lowest BCUT2D eigenvalue weighted by Gasteiger charge is -2.17. The Hall–Kier alpha value is -1.51. The highest BCUT2D eigenvalue weighted by molar-refractivity contribution is 5.76. The molecule has 0 unspecified atom stereocenters. The molecule has 0 radical (unpaired) electrons. The zero-order valence-electron chi connectivity index (χ0n) is 8.68. The number of hydrogen-bond donors (Lipinski definition) is 2. The molecule has 0 aliphatic carbocycles. The predicted molar refractivity (Wildman–Crippen MR) is 55.2 cm³/mol. The van der Waals surface area contributed by atoms with Crippen LogP contribution < -0.4 is 4.98 Å². The molecule has 1 aromatic heterocycles. The van der Waals surface area contributed by atoms with Crippen molar-refractivity contribution in [3.63, 3.8) is 0 Å². The molecule has 3 N–H and O–H groups in total. The lowest BCUT2D eigenvalue weighted by Crippen LogP contribution is -2.14. The number of fused-ring (bicyclic) bond motifs is 1. The number of aromatic hydroxyl groups is 1. The molecule has 74 valence electrons. The second kappa shape index (κ2) is 2.74. The minimum Gasteiger partial charge on any atom is -0.447 e. The Balaban J connectivity index is 2.77. The molecule has 0 atom stereocenters. The molecule has 0 saturated heterocycles. The van der Waals surface area contributed by atoms with Crippen molar-refractivity contribution >= 4 is 11.0 Å². The largest absolute Gasteiger partial charge is 0.450 e. The van der Waals surface area contributed by atoms with Gasteiger partial charge >= 0.3 is 6.01 Å². The van der Waals surface area contributed by atoms with E-state index in [-0.39, 0.29) is 11.4 Å². The first kappa shape index (κ1) is 9.06. The van der Waals surface area contributed by atoms with Gasteiger partial charge in [0.2, 0.25) is 0 Å². The average molecular weight is 191 g/mol. The highest BCUT2D eigenvalue weighted by atomic mass is 16.3. The molecule has 3 heteroatoms. The maximum absolute atomic E-state index is 9.34. The van der Waals surface area contributed by atoms with Crippen LogP contribution in [0.25, 0.3) is 11.0 Å². The number of hydrogen-bond acceptors (Lipinski definition) is 1. The molecular weight excluding hydrogens is 176 g/mol. The first-order chi connectivity index (χ1) is 6.48. The minimum absolute atomic E-state index is 0.0741. The Morgan fingerprint density at radius 2 is 2.00 bits per heavy atom. The van der Waals surface area contributed by atoms with E-state index < -0.39 is 0 Å². The highest BCUT2D eigenvalue weighted by Crippen LogP contribution is 2.27. The van der Waals surface area contributed by atoms with Crippen molar-refractivity contribution in [1.82, 2.24) is 4.98 Å². The Bertz CT molecular complexity index is 466. The molecule has 0 aliphatic rings. The van der Waals surface area contributed by atoms with Crippen molar-refractivity contribution < 1.29 is 10.1 Å². The first-order valence-corrected chi connectivity index (χ1v) is 4.72. The van der Waals surface area contributed by atoms with Gasteiger partial charge in [0, 0.05) is 5.56 Å². The molecule has 0 saturated carbocycles. The molecule has 0 aliphatic heterocycles. The molecule has 2 rings (SSSR count). The normalized spacial score (nSPS) is 12.2. The van der Waals surface area contributed by atoms with Crippen molar-refractivity contribution in [2.24, 2.45) is 0 Å². The number of imidazole rings is 1. The summed E-state index contributed by atoms with van der Waals surface area (Å²) in [4.78, 5) is 5.80. The SMILES string of the molecule is CC(C)(C)c1cccc2[nH]c(O)[nH+]c12. The summed E-state index contributed by atoms with van der Waals surface area (Å²) in [7, 11) is 0. The van der Waals surface area contributed by atoms with Gasteiger partial charge < -0.3 is 5.11 Å². The van der Waals surface area contributed by atoms with E-state index in [1.54, 1.807) is 0 Å². The Morgan fingerprint density at radius 1 is 1.29 bits per heavy atom. The van der Waals surface area contributed by atoms with Crippen LogP contribution in [0.3, 0.4) is 0 Å². The maximum Gasteiger partial charge on any atom is 0.450 e. The fourth-order valence-electron chi connectivity index (χ4n) is 1.69. The van der Waals surface area contributed by atoms with Crippen molar-refractivity contribution in [3.05, 3.63) is 23.8 Å². The van der Waals surface area contributed by atoms with Crippen molar-refractivity contribution in [3.8, 4) is 6.01 Å². The van der Waals surface area contributed by atoms with Crippen molar-refractivity contribution in [1.29, 1.82) is 0 Å². The van der Waals surface area contributed by atoms with Crippen LogP contribution in [0.5, 0.6) is 6.01 Å².